The van der Waals surface area contributed by atoms with E-state index >= 15 is 0 Å². The molecule has 1 aliphatic heterocycles. The summed E-state index contributed by atoms with van der Waals surface area (Å²) in [7, 11) is 1.76. The molecule has 1 aliphatic carbocycles. The van der Waals surface area contributed by atoms with Gasteiger partial charge in [0.05, 0.1) is 17.7 Å². The van der Waals surface area contributed by atoms with E-state index in [1.807, 2.05) is 12.3 Å². The van der Waals surface area contributed by atoms with Crippen molar-refractivity contribution in [3.05, 3.63) is 42.1 Å². The normalized spacial score (nSPS) is 28.8. The van der Waals surface area contributed by atoms with Gasteiger partial charge in [0.25, 0.3) is 0 Å². The zero-order chi connectivity index (χ0) is 18.1. The number of amides is 1. The van der Waals surface area contributed by atoms with Crippen LogP contribution in [0.1, 0.15) is 25.3 Å². The first-order valence-electron chi connectivity index (χ1n) is 9.49. The molecule has 0 radical (unpaired) electrons. The largest absolute Gasteiger partial charge is 0.379 e. The molecule has 1 aromatic carbocycles. The van der Waals surface area contributed by atoms with Gasteiger partial charge in [0.1, 0.15) is 0 Å². The number of fused-ring (bicyclic) bond motifs is 2. The van der Waals surface area contributed by atoms with E-state index in [4.69, 9.17) is 4.74 Å². The van der Waals surface area contributed by atoms with Crippen LogP contribution in [0, 0.1) is 11.8 Å². The second kappa shape index (κ2) is 7.33. The van der Waals surface area contributed by atoms with Gasteiger partial charge in [-0.1, -0.05) is 24.3 Å². The van der Waals surface area contributed by atoms with Gasteiger partial charge in [0.2, 0.25) is 5.91 Å². The molecule has 0 bridgehead atoms. The van der Waals surface area contributed by atoms with Crippen LogP contribution >= 0.6 is 0 Å². The van der Waals surface area contributed by atoms with Crippen LogP contribution in [0.15, 0.2) is 36.5 Å². The number of rotatable bonds is 4. The molecule has 4 atom stereocenters. The van der Waals surface area contributed by atoms with Gasteiger partial charge in [-0.25, -0.2) is 0 Å². The second-order valence-electron chi connectivity index (χ2n) is 7.76. The number of carbonyl (C=O) groups is 1. The standard InChI is InChI=1S/C21H27N3O2/c1-14(25)23-19-9-17-12-24(13-18(17)10-20(19)26-2)11-16-6-3-5-15-7-4-8-22-21(15)16/h3-8,17-20H,9-13H2,1-2H3,(H,23,25)/t17-,18+,19-,20-/m1/s1. The fourth-order valence-electron chi connectivity index (χ4n) is 4.85. The molecule has 1 amide bonds. The van der Waals surface area contributed by atoms with Crippen LogP contribution in [0.2, 0.25) is 0 Å². The Hall–Kier alpha value is -1.98. The van der Waals surface area contributed by atoms with Crippen molar-refractivity contribution in [2.24, 2.45) is 11.8 Å². The monoisotopic (exact) mass is 353 g/mol. The van der Waals surface area contributed by atoms with Crippen LogP contribution in [0.3, 0.4) is 0 Å². The maximum atomic E-state index is 11.5. The lowest BCUT2D eigenvalue weighted by atomic mass is 9.77. The van der Waals surface area contributed by atoms with Crippen molar-refractivity contribution in [3.8, 4) is 0 Å². The number of nitrogens with one attached hydrogen (secondary N) is 1. The second-order valence-corrected chi connectivity index (χ2v) is 7.76. The van der Waals surface area contributed by atoms with E-state index in [1.54, 1.807) is 14.0 Å². The summed E-state index contributed by atoms with van der Waals surface area (Å²) in [6.07, 6.45) is 4.03. The smallest absolute Gasteiger partial charge is 0.217 e. The minimum absolute atomic E-state index is 0.0344. The Labute approximate surface area is 154 Å². The quantitative estimate of drug-likeness (QED) is 0.918. The van der Waals surface area contributed by atoms with E-state index in [-0.39, 0.29) is 18.1 Å². The lowest BCUT2D eigenvalue weighted by Crippen LogP contribution is -2.49. The molecule has 2 aromatic rings. The zero-order valence-corrected chi connectivity index (χ0v) is 15.5. The first-order chi connectivity index (χ1) is 12.6. The maximum Gasteiger partial charge on any atom is 0.217 e. The third-order valence-corrected chi connectivity index (χ3v) is 5.99. The van der Waals surface area contributed by atoms with E-state index in [0.717, 1.165) is 38.0 Å². The summed E-state index contributed by atoms with van der Waals surface area (Å²) in [5.41, 5.74) is 2.40. The molecule has 1 saturated carbocycles. The number of aromatic nitrogens is 1. The predicted octanol–water partition coefficient (Wildman–Crippen LogP) is 2.60. The fraction of sp³-hybridized carbons (Fsp3) is 0.524. The van der Waals surface area contributed by atoms with Gasteiger partial charge in [0, 0.05) is 45.3 Å². The van der Waals surface area contributed by atoms with Gasteiger partial charge in [-0.3, -0.25) is 14.7 Å². The highest BCUT2D eigenvalue weighted by molar-refractivity contribution is 5.81. The number of likely N-dealkylation sites (tertiary alicyclic amines) is 1. The highest BCUT2D eigenvalue weighted by Gasteiger charge is 2.42. The van der Waals surface area contributed by atoms with E-state index in [2.05, 4.69) is 39.5 Å². The van der Waals surface area contributed by atoms with Gasteiger partial charge in [-0.05, 0) is 36.3 Å². The Bertz CT molecular complexity index is 788. The summed E-state index contributed by atoms with van der Waals surface area (Å²) >= 11 is 0. The highest BCUT2D eigenvalue weighted by Crippen LogP contribution is 2.38. The van der Waals surface area contributed by atoms with Crippen molar-refractivity contribution in [1.82, 2.24) is 15.2 Å². The van der Waals surface area contributed by atoms with E-state index in [1.165, 1.54) is 10.9 Å². The Balaban J connectivity index is 1.47. The molecule has 1 N–H and O–H groups in total. The Kier molecular flexibility index (Phi) is 4.92. The maximum absolute atomic E-state index is 11.5. The van der Waals surface area contributed by atoms with Gasteiger partial charge < -0.3 is 10.1 Å². The average molecular weight is 353 g/mol. The molecule has 2 aliphatic rings. The van der Waals surface area contributed by atoms with Gasteiger partial charge in [0.15, 0.2) is 0 Å². The Morgan fingerprint density at radius 2 is 2.00 bits per heavy atom. The molecule has 1 saturated heterocycles. The first kappa shape index (κ1) is 17.4. The van der Waals surface area contributed by atoms with Crippen LogP contribution in [-0.4, -0.2) is 48.1 Å². The molecular weight excluding hydrogens is 326 g/mol. The highest BCUT2D eigenvalue weighted by atomic mass is 16.5. The van der Waals surface area contributed by atoms with Gasteiger partial charge >= 0.3 is 0 Å². The molecule has 26 heavy (non-hydrogen) atoms. The molecule has 2 heterocycles. The van der Waals surface area contributed by atoms with Crippen molar-refractivity contribution < 1.29 is 9.53 Å². The number of nitrogens with zero attached hydrogens (tertiary/aromatic N) is 2. The Morgan fingerprint density at radius 3 is 2.77 bits per heavy atom. The molecule has 138 valence electrons. The molecule has 0 unspecified atom stereocenters. The summed E-state index contributed by atoms with van der Waals surface area (Å²) in [4.78, 5) is 18.6. The number of pyridine rings is 1. The number of ether oxygens (including phenoxy) is 1. The topological polar surface area (TPSA) is 54.5 Å². The third-order valence-electron chi connectivity index (χ3n) is 5.99. The molecule has 5 nitrogen and oxygen atoms in total. The van der Waals surface area contributed by atoms with E-state index < -0.39 is 0 Å². The van der Waals surface area contributed by atoms with Crippen molar-refractivity contribution in [3.63, 3.8) is 0 Å². The van der Waals surface area contributed by atoms with Crippen LogP contribution in [0.5, 0.6) is 0 Å². The van der Waals surface area contributed by atoms with Crippen LogP contribution in [0.25, 0.3) is 10.9 Å². The predicted molar refractivity (Wildman–Crippen MR) is 102 cm³/mol. The summed E-state index contributed by atoms with van der Waals surface area (Å²) in [5.74, 6) is 1.31. The van der Waals surface area contributed by atoms with Gasteiger partial charge in [-0.2, -0.15) is 0 Å². The SMILES string of the molecule is CO[C@@H]1C[C@H]2CN(Cc3cccc4cccnc34)C[C@H]2C[C@H]1NC(C)=O. The third kappa shape index (κ3) is 3.46. The van der Waals surface area contributed by atoms with Crippen molar-refractivity contribution in [2.45, 2.75) is 38.5 Å². The zero-order valence-electron chi connectivity index (χ0n) is 15.5. The number of carbonyl (C=O) groups excluding carboxylic acids is 1. The minimum atomic E-state index is 0.0344. The number of hydrogen-bond acceptors (Lipinski definition) is 4. The van der Waals surface area contributed by atoms with Crippen LogP contribution in [0.4, 0.5) is 0 Å². The average Bonchev–Trinajstić information content (AvgIpc) is 3.02. The van der Waals surface area contributed by atoms with Gasteiger partial charge in [-0.15, -0.1) is 0 Å². The fourth-order valence-corrected chi connectivity index (χ4v) is 4.85. The Morgan fingerprint density at radius 1 is 1.23 bits per heavy atom. The lowest BCUT2D eigenvalue weighted by Gasteiger charge is -2.37. The summed E-state index contributed by atoms with van der Waals surface area (Å²) in [6.45, 7) is 4.71. The summed E-state index contributed by atoms with van der Waals surface area (Å²) < 4.78 is 5.68. The van der Waals surface area contributed by atoms with E-state index in [0.29, 0.717) is 11.8 Å². The number of benzene rings is 1. The number of hydrogen-bond donors (Lipinski definition) is 1. The molecule has 0 spiro atoms. The molecule has 1 aromatic heterocycles. The molecule has 2 fully saturated rings. The first-order valence-corrected chi connectivity index (χ1v) is 9.49. The minimum Gasteiger partial charge on any atom is -0.379 e. The number of para-hydroxylation sites is 1. The lowest BCUT2D eigenvalue weighted by molar-refractivity contribution is -0.121. The summed E-state index contributed by atoms with van der Waals surface area (Å²) in [6, 6.07) is 10.7. The van der Waals surface area contributed by atoms with Crippen molar-refractivity contribution in [1.29, 1.82) is 0 Å². The van der Waals surface area contributed by atoms with E-state index in [9.17, 15) is 4.79 Å². The molecule has 5 heteroatoms. The molecular formula is C21H27N3O2. The van der Waals surface area contributed by atoms with Crippen LogP contribution in [-0.2, 0) is 16.1 Å². The van der Waals surface area contributed by atoms with Crippen molar-refractivity contribution >= 4 is 16.8 Å². The summed E-state index contributed by atoms with van der Waals surface area (Å²) in [5, 5.41) is 4.29. The molecule has 4 rings (SSSR count). The van der Waals surface area contributed by atoms with Crippen LogP contribution < -0.4 is 5.32 Å². The van der Waals surface area contributed by atoms with Crippen molar-refractivity contribution in [2.75, 3.05) is 20.2 Å². The number of methoxy groups -OCH3 is 1.